The first-order valence-corrected chi connectivity index (χ1v) is 14.4. The van der Waals surface area contributed by atoms with E-state index in [0.717, 1.165) is 27.2 Å². The number of carbonyl (C=O) groups is 2. The molecule has 9 heteroatoms. The summed E-state index contributed by atoms with van der Waals surface area (Å²) in [6.45, 7) is 4.96. The molecule has 8 nitrogen and oxygen atoms in total. The average molecular weight is 573 g/mol. The zero-order valence-corrected chi connectivity index (χ0v) is 24.1. The summed E-state index contributed by atoms with van der Waals surface area (Å²) in [5.74, 6) is -0.746. The number of carbonyl (C=O) groups excluding carboxylic acids is 2. The standard InChI is InChI=1S/C32H32N2O6S/c1-31(2)27(24-13-9-6-10-14-24)34(30(37)39-31)29(36)32(3,28(35)25-19-26(41-4)40-33-25)38-20-21-15-17-23(18-16-21)22-11-7-5-8-12-22/h5-19,27-28,35H,20H2,1-4H3/t27?,28-,32-/m0/s1. The van der Waals surface area contributed by atoms with E-state index < -0.39 is 35.3 Å². The fraction of sp³-hybridized carbons (Fsp3) is 0.281. The number of aliphatic hydroxyl groups is 1. The van der Waals surface area contributed by atoms with Gasteiger partial charge >= 0.3 is 6.09 Å². The van der Waals surface area contributed by atoms with Crippen LogP contribution in [-0.2, 0) is 20.9 Å². The van der Waals surface area contributed by atoms with E-state index in [-0.39, 0.29) is 12.3 Å². The third-order valence-corrected chi connectivity index (χ3v) is 7.93. The quantitative estimate of drug-likeness (QED) is 0.225. The molecule has 2 heterocycles. The Balaban J connectivity index is 1.48. The van der Waals surface area contributed by atoms with Crippen molar-refractivity contribution in [2.24, 2.45) is 0 Å². The number of aromatic nitrogens is 1. The number of hydrogen-bond acceptors (Lipinski definition) is 8. The summed E-state index contributed by atoms with van der Waals surface area (Å²) in [6.07, 6.45) is -0.548. The van der Waals surface area contributed by atoms with Gasteiger partial charge in [-0.1, -0.05) is 102 Å². The van der Waals surface area contributed by atoms with E-state index in [2.05, 4.69) is 5.16 Å². The summed E-state index contributed by atoms with van der Waals surface area (Å²) in [5, 5.41) is 16.0. The van der Waals surface area contributed by atoms with Crippen molar-refractivity contribution in [1.29, 1.82) is 0 Å². The second-order valence-electron chi connectivity index (χ2n) is 10.6. The summed E-state index contributed by atoms with van der Waals surface area (Å²) in [5.41, 5.74) is 0.791. The van der Waals surface area contributed by atoms with E-state index in [1.165, 1.54) is 18.7 Å². The molecule has 1 unspecified atom stereocenters. The number of imide groups is 1. The van der Waals surface area contributed by atoms with Gasteiger partial charge in [0, 0.05) is 6.07 Å². The summed E-state index contributed by atoms with van der Waals surface area (Å²) < 4.78 is 17.2. The largest absolute Gasteiger partial charge is 0.440 e. The summed E-state index contributed by atoms with van der Waals surface area (Å²) in [7, 11) is 0. The molecule has 0 spiro atoms. The van der Waals surface area contributed by atoms with Gasteiger partial charge in [0.1, 0.15) is 23.4 Å². The predicted molar refractivity (Wildman–Crippen MR) is 155 cm³/mol. The number of amides is 2. The van der Waals surface area contributed by atoms with Crippen LogP contribution in [0.2, 0.25) is 0 Å². The second kappa shape index (κ2) is 11.5. The van der Waals surface area contributed by atoms with E-state index in [1.807, 2.05) is 91.2 Å². The fourth-order valence-corrected chi connectivity index (χ4v) is 5.42. The molecule has 1 N–H and O–H groups in total. The zero-order chi connectivity index (χ0) is 29.2. The van der Waals surface area contributed by atoms with Gasteiger partial charge in [0.15, 0.2) is 10.7 Å². The number of cyclic esters (lactones) is 1. The summed E-state index contributed by atoms with van der Waals surface area (Å²) in [4.78, 5) is 28.7. The van der Waals surface area contributed by atoms with Gasteiger partial charge in [-0.25, -0.2) is 9.69 Å². The highest BCUT2D eigenvalue weighted by Gasteiger charge is 2.57. The van der Waals surface area contributed by atoms with Crippen LogP contribution in [0.3, 0.4) is 0 Å². The van der Waals surface area contributed by atoms with Gasteiger partial charge in [-0.3, -0.25) is 4.79 Å². The van der Waals surface area contributed by atoms with Gasteiger partial charge < -0.3 is 19.1 Å². The van der Waals surface area contributed by atoms with E-state index in [0.29, 0.717) is 5.09 Å². The minimum absolute atomic E-state index is 0.0100. The molecule has 0 aliphatic carbocycles. The molecule has 3 atom stereocenters. The Kier molecular flexibility index (Phi) is 8.04. The molecule has 41 heavy (non-hydrogen) atoms. The lowest BCUT2D eigenvalue weighted by Crippen LogP contribution is -2.54. The lowest BCUT2D eigenvalue weighted by atomic mass is 9.88. The normalized spacial score (nSPS) is 18.5. The van der Waals surface area contributed by atoms with E-state index in [4.69, 9.17) is 14.0 Å². The molecule has 0 saturated carbocycles. The Morgan fingerprint density at radius 3 is 2.27 bits per heavy atom. The van der Waals surface area contributed by atoms with Crippen LogP contribution in [0.4, 0.5) is 4.79 Å². The highest BCUT2D eigenvalue weighted by Crippen LogP contribution is 2.44. The minimum Gasteiger partial charge on any atom is -0.440 e. The van der Waals surface area contributed by atoms with Crippen molar-refractivity contribution in [3.05, 3.63) is 108 Å². The second-order valence-corrected chi connectivity index (χ2v) is 11.4. The summed E-state index contributed by atoms with van der Waals surface area (Å²) >= 11 is 1.31. The SMILES string of the molecule is CSc1cc([C@H](O)[C@](C)(OCc2ccc(-c3ccccc3)cc2)C(=O)N2C(=O)OC(C)(C)C2c2ccccc2)no1. The van der Waals surface area contributed by atoms with Crippen molar-refractivity contribution in [3.63, 3.8) is 0 Å². The molecule has 0 bridgehead atoms. The lowest BCUT2D eigenvalue weighted by Gasteiger charge is -2.37. The molecule has 5 rings (SSSR count). The molecule has 2 amide bonds. The number of thioether (sulfide) groups is 1. The Morgan fingerprint density at radius 2 is 1.66 bits per heavy atom. The lowest BCUT2D eigenvalue weighted by molar-refractivity contribution is -0.175. The van der Waals surface area contributed by atoms with Gasteiger partial charge in [-0.15, -0.1) is 0 Å². The van der Waals surface area contributed by atoms with Crippen LogP contribution < -0.4 is 0 Å². The Hall–Kier alpha value is -3.92. The van der Waals surface area contributed by atoms with Crippen molar-refractivity contribution in [3.8, 4) is 11.1 Å². The fourth-order valence-electron chi connectivity index (χ4n) is 5.06. The molecule has 212 valence electrons. The monoisotopic (exact) mass is 572 g/mol. The van der Waals surface area contributed by atoms with Crippen molar-refractivity contribution in [1.82, 2.24) is 10.1 Å². The van der Waals surface area contributed by atoms with E-state index >= 15 is 0 Å². The van der Waals surface area contributed by atoms with Gasteiger partial charge in [0.05, 0.1) is 6.61 Å². The molecule has 4 aromatic rings. The first-order chi connectivity index (χ1) is 19.6. The molecular weight excluding hydrogens is 540 g/mol. The van der Waals surface area contributed by atoms with Gasteiger partial charge in [-0.2, -0.15) is 0 Å². The molecule has 0 radical (unpaired) electrons. The molecule has 3 aromatic carbocycles. The van der Waals surface area contributed by atoms with Crippen LogP contribution in [0.1, 0.15) is 49.7 Å². The molecule has 1 aliphatic heterocycles. The number of benzene rings is 3. The van der Waals surface area contributed by atoms with Crippen molar-refractivity contribution < 1.29 is 28.7 Å². The van der Waals surface area contributed by atoms with Crippen molar-refractivity contribution in [2.45, 2.75) is 55.8 Å². The Morgan fingerprint density at radius 1 is 1.05 bits per heavy atom. The maximum atomic E-state index is 14.4. The zero-order valence-electron chi connectivity index (χ0n) is 23.3. The average Bonchev–Trinajstić information content (AvgIpc) is 3.57. The number of aliphatic hydroxyl groups excluding tert-OH is 1. The highest BCUT2D eigenvalue weighted by atomic mass is 32.2. The molecular formula is C32H32N2O6S. The molecule has 1 aromatic heterocycles. The Bertz CT molecular complexity index is 1510. The van der Waals surface area contributed by atoms with E-state index in [9.17, 15) is 14.7 Å². The number of ether oxygens (including phenoxy) is 2. The third-order valence-electron chi connectivity index (χ3n) is 7.33. The molecule has 1 aliphatic rings. The van der Waals surface area contributed by atoms with E-state index in [1.54, 1.807) is 19.9 Å². The number of nitrogens with zero attached hydrogens (tertiary/aromatic N) is 2. The topological polar surface area (TPSA) is 102 Å². The van der Waals surface area contributed by atoms with Crippen LogP contribution in [0, 0.1) is 0 Å². The maximum Gasteiger partial charge on any atom is 0.417 e. The van der Waals surface area contributed by atoms with Crippen LogP contribution in [0.5, 0.6) is 0 Å². The first kappa shape index (κ1) is 28.6. The first-order valence-electron chi connectivity index (χ1n) is 13.2. The Labute approximate surface area is 243 Å². The predicted octanol–water partition coefficient (Wildman–Crippen LogP) is 6.57. The van der Waals surface area contributed by atoms with Gasteiger partial charge in [-0.05, 0) is 49.3 Å². The number of rotatable bonds is 9. The molecule has 1 fully saturated rings. The number of hydrogen-bond donors (Lipinski definition) is 1. The van der Waals surface area contributed by atoms with Crippen molar-refractivity contribution in [2.75, 3.05) is 6.26 Å². The van der Waals surface area contributed by atoms with Crippen molar-refractivity contribution >= 4 is 23.8 Å². The van der Waals surface area contributed by atoms with Crippen LogP contribution >= 0.6 is 11.8 Å². The smallest absolute Gasteiger partial charge is 0.417 e. The highest BCUT2D eigenvalue weighted by molar-refractivity contribution is 7.98. The van der Waals surface area contributed by atoms with Gasteiger partial charge in [0.25, 0.3) is 5.91 Å². The third kappa shape index (κ3) is 5.66. The van der Waals surface area contributed by atoms with Crippen LogP contribution in [0.25, 0.3) is 11.1 Å². The molecule has 1 saturated heterocycles. The minimum atomic E-state index is -1.92. The van der Waals surface area contributed by atoms with Crippen LogP contribution in [0.15, 0.2) is 101 Å². The van der Waals surface area contributed by atoms with Crippen LogP contribution in [-0.4, -0.2) is 44.6 Å². The summed E-state index contributed by atoms with van der Waals surface area (Å²) in [6, 6.07) is 27.7. The van der Waals surface area contributed by atoms with Gasteiger partial charge in [0.2, 0.25) is 0 Å². The maximum absolute atomic E-state index is 14.4.